The summed E-state index contributed by atoms with van der Waals surface area (Å²) in [6, 6.07) is 5.96. The van der Waals surface area contributed by atoms with Crippen molar-refractivity contribution >= 4 is 5.97 Å². The highest BCUT2D eigenvalue weighted by atomic mass is 16.4. The second-order valence-electron chi connectivity index (χ2n) is 5.76. The molecule has 0 aromatic heterocycles. The molecule has 1 rings (SSSR count). The van der Waals surface area contributed by atoms with Crippen molar-refractivity contribution < 1.29 is 9.90 Å². The third-order valence-corrected chi connectivity index (χ3v) is 4.03. The van der Waals surface area contributed by atoms with Gasteiger partial charge in [0.05, 0.1) is 0 Å². The van der Waals surface area contributed by atoms with Gasteiger partial charge in [-0.25, -0.2) is 4.79 Å². The number of carboxylic acids is 1. The molecule has 118 valence electrons. The summed E-state index contributed by atoms with van der Waals surface area (Å²) < 4.78 is 0. The molecule has 0 fully saturated rings. The monoisotopic (exact) mass is 292 g/mol. The molecule has 4 nitrogen and oxygen atoms in total. The van der Waals surface area contributed by atoms with Gasteiger partial charge in [-0.15, -0.1) is 0 Å². The zero-order valence-electron chi connectivity index (χ0n) is 13.9. The lowest BCUT2D eigenvalue weighted by Gasteiger charge is -2.29. The van der Waals surface area contributed by atoms with E-state index in [2.05, 4.69) is 30.1 Å². The highest BCUT2D eigenvalue weighted by Crippen LogP contribution is 2.23. The number of nitrogens with zero attached hydrogens (tertiary/aromatic N) is 1. The predicted molar refractivity (Wildman–Crippen MR) is 86.7 cm³/mol. The molecule has 0 spiro atoms. The fourth-order valence-electron chi connectivity index (χ4n) is 2.57. The van der Waals surface area contributed by atoms with Gasteiger partial charge in [0.15, 0.2) is 0 Å². The summed E-state index contributed by atoms with van der Waals surface area (Å²) >= 11 is 0. The van der Waals surface area contributed by atoms with Gasteiger partial charge in [0, 0.05) is 13.1 Å². The minimum absolute atomic E-state index is 0.650. The van der Waals surface area contributed by atoms with Crippen LogP contribution in [-0.2, 0) is 10.3 Å². The third kappa shape index (κ3) is 4.55. The minimum Gasteiger partial charge on any atom is -0.480 e. The second-order valence-corrected chi connectivity index (χ2v) is 5.76. The number of likely N-dealkylation sites (N-methyl/N-ethyl adjacent to an activating group) is 1. The van der Waals surface area contributed by atoms with E-state index in [0.29, 0.717) is 6.54 Å². The van der Waals surface area contributed by atoms with Crippen molar-refractivity contribution in [1.82, 2.24) is 10.2 Å². The fourth-order valence-corrected chi connectivity index (χ4v) is 2.57. The molecule has 1 unspecified atom stereocenters. The van der Waals surface area contributed by atoms with Crippen LogP contribution >= 0.6 is 0 Å². The van der Waals surface area contributed by atoms with Crippen LogP contribution in [0.1, 0.15) is 37.5 Å². The topological polar surface area (TPSA) is 52.6 Å². The quantitative estimate of drug-likeness (QED) is 0.773. The zero-order valence-corrected chi connectivity index (χ0v) is 13.9. The number of aliphatic carboxylic acids is 1. The third-order valence-electron chi connectivity index (χ3n) is 4.03. The number of carbonyl (C=O) groups is 1. The van der Waals surface area contributed by atoms with E-state index in [9.17, 15) is 9.90 Å². The summed E-state index contributed by atoms with van der Waals surface area (Å²) in [5.74, 6) is -0.841. The van der Waals surface area contributed by atoms with Crippen molar-refractivity contribution in [2.24, 2.45) is 0 Å². The van der Waals surface area contributed by atoms with Crippen LogP contribution in [0.2, 0.25) is 0 Å². The molecule has 4 heteroatoms. The Bertz CT molecular complexity index is 463. The Hall–Kier alpha value is -1.39. The van der Waals surface area contributed by atoms with E-state index in [0.717, 1.165) is 36.3 Å². The van der Waals surface area contributed by atoms with Gasteiger partial charge in [0.25, 0.3) is 0 Å². The summed E-state index contributed by atoms with van der Waals surface area (Å²) in [6.07, 6.45) is 0. The Balaban J connectivity index is 2.90. The lowest BCUT2D eigenvalue weighted by Crippen LogP contribution is -2.49. The minimum atomic E-state index is -1.05. The van der Waals surface area contributed by atoms with Crippen LogP contribution in [0.15, 0.2) is 18.2 Å². The summed E-state index contributed by atoms with van der Waals surface area (Å²) in [5, 5.41) is 12.9. The molecule has 2 N–H and O–H groups in total. The van der Waals surface area contributed by atoms with Gasteiger partial charge < -0.3 is 10.0 Å². The molecule has 1 aromatic carbocycles. The van der Waals surface area contributed by atoms with Crippen molar-refractivity contribution in [3.63, 3.8) is 0 Å². The van der Waals surface area contributed by atoms with Gasteiger partial charge in [-0.2, -0.15) is 0 Å². The first kappa shape index (κ1) is 17.7. The summed E-state index contributed by atoms with van der Waals surface area (Å²) in [6.45, 7) is 13.4. The molecule has 0 aliphatic carbocycles. The number of benzene rings is 1. The van der Waals surface area contributed by atoms with Gasteiger partial charge in [0.1, 0.15) is 5.54 Å². The van der Waals surface area contributed by atoms with Gasteiger partial charge in [0.2, 0.25) is 0 Å². The number of carboxylic acid groups (broad SMARTS) is 1. The van der Waals surface area contributed by atoms with Gasteiger partial charge in [-0.05, 0) is 39.4 Å². The van der Waals surface area contributed by atoms with Crippen molar-refractivity contribution in [2.45, 2.75) is 40.2 Å². The average molecular weight is 292 g/mol. The van der Waals surface area contributed by atoms with Crippen LogP contribution < -0.4 is 5.32 Å². The smallest absolute Gasteiger partial charge is 0.328 e. The molecule has 0 bridgehead atoms. The first-order valence-corrected chi connectivity index (χ1v) is 7.63. The Kier molecular flexibility index (Phi) is 6.37. The molecule has 21 heavy (non-hydrogen) atoms. The molecule has 0 aliphatic heterocycles. The maximum absolute atomic E-state index is 11.8. The molecule has 1 atom stereocenters. The Labute approximate surface area is 128 Å². The van der Waals surface area contributed by atoms with E-state index in [1.807, 2.05) is 26.0 Å². The molecule has 1 aromatic rings. The van der Waals surface area contributed by atoms with E-state index < -0.39 is 11.5 Å². The molecule has 0 saturated heterocycles. The number of hydrogen-bond acceptors (Lipinski definition) is 3. The predicted octanol–water partition coefficient (Wildman–Crippen LogP) is 2.53. The van der Waals surface area contributed by atoms with Crippen LogP contribution in [0.3, 0.4) is 0 Å². The normalized spacial score (nSPS) is 14.2. The summed E-state index contributed by atoms with van der Waals surface area (Å²) in [7, 11) is 0. The van der Waals surface area contributed by atoms with Gasteiger partial charge in [-0.3, -0.25) is 5.32 Å². The zero-order chi connectivity index (χ0) is 16.0. The van der Waals surface area contributed by atoms with Crippen LogP contribution in [0.25, 0.3) is 0 Å². The van der Waals surface area contributed by atoms with Crippen molar-refractivity contribution in [1.29, 1.82) is 0 Å². The van der Waals surface area contributed by atoms with E-state index in [1.54, 1.807) is 6.92 Å². The van der Waals surface area contributed by atoms with E-state index in [-0.39, 0.29) is 0 Å². The molecule has 0 amide bonds. The van der Waals surface area contributed by atoms with E-state index >= 15 is 0 Å². The van der Waals surface area contributed by atoms with E-state index in [1.165, 1.54) is 0 Å². The van der Waals surface area contributed by atoms with Crippen LogP contribution in [0, 0.1) is 13.8 Å². The maximum Gasteiger partial charge on any atom is 0.328 e. The molecule has 0 saturated carbocycles. The first-order chi connectivity index (χ1) is 9.83. The molecular formula is C17H28N2O2. The van der Waals surface area contributed by atoms with Crippen molar-refractivity contribution in [2.75, 3.05) is 26.2 Å². The van der Waals surface area contributed by atoms with Crippen molar-refractivity contribution in [3.05, 3.63) is 34.9 Å². The standard InChI is InChI=1S/C17H28N2O2/c1-6-19(7-2)9-8-18-17(5,16(20)21)15-11-13(3)10-14(4)12-15/h10-12,18H,6-9H2,1-5H3,(H,20,21). The lowest BCUT2D eigenvalue weighted by atomic mass is 9.89. The highest BCUT2D eigenvalue weighted by molar-refractivity contribution is 5.80. The van der Waals surface area contributed by atoms with Gasteiger partial charge >= 0.3 is 5.97 Å². The fraction of sp³-hybridized carbons (Fsp3) is 0.588. The van der Waals surface area contributed by atoms with Crippen molar-refractivity contribution in [3.8, 4) is 0 Å². The lowest BCUT2D eigenvalue weighted by molar-refractivity contribution is -0.144. The highest BCUT2D eigenvalue weighted by Gasteiger charge is 2.34. The first-order valence-electron chi connectivity index (χ1n) is 7.63. The Morgan fingerprint density at radius 3 is 2.14 bits per heavy atom. The number of aryl methyl sites for hydroxylation is 2. The second kappa shape index (κ2) is 7.57. The number of rotatable bonds is 8. The summed E-state index contributed by atoms with van der Waals surface area (Å²) in [5.41, 5.74) is 1.93. The van der Waals surface area contributed by atoms with Crippen LogP contribution in [0.4, 0.5) is 0 Å². The maximum atomic E-state index is 11.8. The number of hydrogen-bond donors (Lipinski definition) is 2. The van der Waals surface area contributed by atoms with Crippen LogP contribution in [0.5, 0.6) is 0 Å². The van der Waals surface area contributed by atoms with E-state index in [4.69, 9.17) is 0 Å². The Morgan fingerprint density at radius 2 is 1.71 bits per heavy atom. The van der Waals surface area contributed by atoms with Gasteiger partial charge in [-0.1, -0.05) is 43.2 Å². The summed E-state index contributed by atoms with van der Waals surface area (Å²) in [4.78, 5) is 14.1. The molecule has 0 radical (unpaired) electrons. The Morgan fingerprint density at radius 1 is 1.19 bits per heavy atom. The molecular weight excluding hydrogens is 264 g/mol. The largest absolute Gasteiger partial charge is 0.480 e. The molecule has 0 aliphatic rings. The molecule has 0 heterocycles. The SMILES string of the molecule is CCN(CC)CCNC(C)(C(=O)O)c1cc(C)cc(C)c1. The van der Waals surface area contributed by atoms with Crippen LogP contribution in [-0.4, -0.2) is 42.2 Å². The number of nitrogens with one attached hydrogen (secondary N) is 1. The average Bonchev–Trinajstić information content (AvgIpc) is 2.42.